The van der Waals surface area contributed by atoms with Gasteiger partial charge < -0.3 is 11.1 Å². The number of primary amides is 1. The molecule has 0 unspecified atom stereocenters. The number of amides is 2. The summed E-state index contributed by atoms with van der Waals surface area (Å²) in [6, 6.07) is 18.1. The van der Waals surface area contributed by atoms with Crippen molar-refractivity contribution < 1.29 is 9.59 Å². The Bertz CT molecular complexity index is 1270. The first-order valence-corrected chi connectivity index (χ1v) is 10.2. The maximum atomic E-state index is 12.7. The minimum Gasteiger partial charge on any atom is -0.366 e. The van der Waals surface area contributed by atoms with Crippen LogP contribution in [0.2, 0.25) is 0 Å². The first-order chi connectivity index (χ1) is 15.6. The van der Waals surface area contributed by atoms with Crippen molar-refractivity contribution in [3.63, 3.8) is 0 Å². The van der Waals surface area contributed by atoms with Crippen LogP contribution in [0.25, 0.3) is 17.1 Å². The monoisotopic (exact) mass is 428 g/mol. The van der Waals surface area contributed by atoms with Crippen LogP contribution < -0.4 is 11.1 Å². The highest BCUT2D eigenvalue weighted by Gasteiger charge is 2.28. The molecule has 0 atom stereocenters. The van der Waals surface area contributed by atoms with Gasteiger partial charge in [-0.15, -0.1) is 10.2 Å². The minimum atomic E-state index is -0.510. The Morgan fingerprint density at radius 1 is 1.03 bits per heavy atom. The van der Waals surface area contributed by atoms with Gasteiger partial charge in [0.1, 0.15) is 12.4 Å². The molecule has 2 aromatic carbocycles. The van der Waals surface area contributed by atoms with E-state index in [-0.39, 0.29) is 12.5 Å². The first kappa shape index (κ1) is 19.6. The van der Waals surface area contributed by atoms with Crippen LogP contribution in [-0.4, -0.2) is 41.8 Å². The number of rotatable bonds is 7. The number of hydrogen-bond donors (Lipinski definition) is 2. The number of anilines is 1. The molecule has 10 heteroatoms. The molecule has 1 aliphatic rings. The molecule has 10 nitrogen and oxygen atoms in total. The number of carbonyl (C=O) groups excluding carboxylic acids is 2. The van der Waals surface area contributed by atoms with Gasteiger partial charge in [-0.3, -0.25) is 9.59 Å². The third-order valence-corrected chi connectivity index (χ3v) is 5.16. The summed E-state index contributed by atoms with van der Waals surface area (Å²) >= 11 is 0. The van der Waals surface area contributed by atoms with E-state index < -0.39 is 5.91 Å². The topological polar surface area (TPSA) is 134 Å². The molecule has 0 saturated heterocycles. The fourth-order valence-electron chi connectivity index (χ4n) is 3.35. The van der Waals surface area contributed by atoms with Crippen molar-refractivity contribution in [1.29, 1.82) is 0 Å². The summed E-state index contributed by atoms with van der Waals surface area (Å²) in [5.74, 6) is 0.600. The second-order valence-electron chi connectivity index (χ2n) is 7.61. The van der Waals surface area contributed by atoms with E-state index in [1.165, 1.54) is 4.80 Å². The van der Waals surface area contributed by atoms with Gasteiger partial charge in [-0.05, 0) is 42.3 Å². The largest absolute Gasteiger partial charge is 0.366 e. The van der Waals surface area contributed by atoms with Crippen LogP contribution in [0.1, 0.15) is 34.8 Å². The molecule has 160 valence electrons. The lowest BCUT2D eigenvalue weighted by Crippen LogP contribution is -2.22. The van der Waals surface area contributed by atoms with Crippen molar-refractivity contribution in [2.24, 2.45) is 5.73 Å². The number of tetrazole rings is 1. The molecule has 1 saturated carbocycles. The molecule has 4 aromatic rings. The smallest absolute Gasteiger partial charge is 0.249 e. The number of benzene rings is 2. The zero-order valence-electron chi connectivity index (χ0n) is 17.0. The van der Waals surface area contributed by atoms with Gasteiger partial charge in [0.2, 0.25) is 17.6 Å². The van der Waals surface area contributed by atoms with Gasteiger partial charge in [0.05, 0.1) is 11.4 Å². The molecule has 5 rings (SSSR count). The molecule has 1 fully saturated rings. The summed E-state index contributed by atoms with van der Waals surface area (Å²) in [5.41, 5.74) is 8.16. The molecule has 2 heterocycles. The number of aromatic nitrogens is 6. The summed E-state index contributed by atoms with van der Waals surface area (Å²) in [6.07, 6.45) is 2.23. The van der Waals surface area contributed by atoms with E-state index >= 15 is 0 Å². The van der Waals surface area contributed by atoms with Crippen molar-refractivity contribution in [1.82, 2.24) is 30.0 Å². The van der Waals surface area contributed by atoms with Gasteiger partial charge in [-0.2, -0.15) is 9.90 Å². The van der Waals surface area contributed by atoms with Crippen LogP contribution in [0.4, 0.5) is 5.82 Å². The Hall–Kier alpha value is -4.34. The SMILES string of the molecule is NC(=O)c1ccc(-c2nnn(CC(=O)Nc3cc(C4CC4)nn3-c3ccccc3)n2)cc1. The molecule has 0 bridgehead atoms. The van der Waals surface area contributed by atoms with Crippen molar-refractivity contribution >= 4 is 17.6 Å². The molecule has 32 heavy (non-hydrogen) atoms. The van der Waals surface area contributed by atoms with E-state index in [2.05, 4.69) is 25.8 Å². The summed E-state index contributed by atoms with van der Waals surface area (Å²) < 4.78 is 1.74. The number of para-hydroxylation sites is 1. The second kappa shape index (κ2) is 8.06. The zero-order chi connectivity index (χ0) is 22.1. The van der Waals surface area contributed by atoms with Crippen molar-refractivity contribution in [2.75, 3.05) is 5.32 Å². The summed E-state index contributed by atoms with van der Waals surface area (Å²) in [7, 11) is 0. The average Bonchev–Trinajstić information content (AvgIpc) is 3.41. The maximum absolute atomic E-state index is 12.7. The Labute approximate surface area is 183 Å². The summed E-state index contributed by atoms with van der Waals surface area (Å²) in [6.45, 7) is -0.106. The van der Waals surface area contributed by atoms with Gasteiger partial charge in [-0.1, -0.05) is 30.3 Å². The van der Waals surface area contributed by atoms with E-state index in [1.807, 2.05) is 36.4 Å². The summed E-state index contributed by atoms with van der Waals surface area (Å²) in [4.78, 5) is 25.1. The second-order valence-corrected chi connectivity index (χ2v) is 7.61. The zero-order valence-corrected chi connectivity index (χ0v) is 17.0. The van der Waals surface area contributed by atoms with Crippen molar-refractivity contribution in [3.05, 3.63) is 71.9 Å². The van der Waals surface area contributed by atoms with Gasteiger partial charge in [-0.25, -0.2) is 4.68 Å². The van der Waals surface area contributed by atoms with E-state index in [0.717, 1.165) is 24.2 Å². The predicted molar refractivity (Wildman–Crippen MR) is 116 cm³/mol. The molecular formula is C22H20N8O2. The van der Waals surface area contributed by atoms with Crippen LogP contribution in [0.15, 0.2) is 60.7 Å². The molecular weight excluding hydrogens is 408 g/mol. The molecule has 0 spiro atoms. The van der Waals surface area contributed by atoms with E-state index in [4.69, 9.17) is 5.73 Å². The predicted octanol–water partition coefficient (Wildman–Crippen LogP) is 2.14. The van der Waals surface area contributed by atoms with Gasteiger partial charge in [0.25, 0.3) is 0 Å². The third-order valence-electron chi connectivity index (χ3n) is 5.16. The standard InChI is InChI=1S/C22H20N8O2/c23-21(32)15-8-10-16(11-9-15)22-25-28-29(27-22)13-20(31)24-19-12-18(14-6-7-14)26-30(19)17-4-2-1-3-5-17/h1-5,8-12,14H,6-7,13H2,(H2,23,32)(H,24,31). The van der Waals surface area contributed by atoms with E-state index in [1.54, 1.807) is 28.9 Å². The fraction of sp³-hybridized carbons (Fsp3) is 0.182. The third kappa shape index (κ3) is 4.10. The van der Waals surface area contributed by atoms with Crippen LogP contribution in [0.3, 0.4) is 0 Å². The molecule has 2 aromatic heterocycles. The van der Waals surface area contributed by atoms with Crippen molar-refractivity contribution in [3.8, 4) is 17.1 Å². The van der Waals surface area contributed by atoms with E-state index in [0.29, 0.717) is 28.7 Å². The first-order valence-electron chi connectivity index (χ1n) is 10.2. The van der Waals surface area contributed by atoms with Gasteiger partial charge in [0.15, 0.2) is 0 Å². The highest BCUT2D eigenvalue weighted by molar-refractivity contribution is 5.93. The van der Waals surface area contributed by atoms with Crippen LogP contribution in [0.5, 0.6) is 0 Å². The van der Waals surface area contributed by atoms with Gasteiger partial charge in [0, 0.05) is 23.1 Å². The number of hydrogen-bond acceptors (Lipinski definition) is 6. The van der Waals surface area contributed by atoms with Crippen LogP contribution >= 0.6 is 0 Å². The lowest BCUT2D eigenvalue weighted by atomic mass is 10.1. The summed E-state index contributed by atoms with van der Waals surface area (Å²) in [5, 5.41) is 19.8. The number of carbonyl (C=O) groups is 2. The lowest BCUT2D eigenvalue weighted by molar-refractivity contribution is -0.117. The quantitative estimate of drug-likeness (QED) is 0.463. The maximum Gasteiger partial charge on any atom is 0.249 e. The molecule has 2 amide bonds. The van der Waals surface area contributed by atoms with E-state index in [9.17, 15) is 9.59 Å². The van der Waals surface area contributed by atoms with Crippen LogP contribution in [-0.2, 0) is 11.3 Å². The highest BCUT2D eigenvalue weighted by atomic mass is 16.2. The molecule has 1 aliphatic carbocycles. The molecule has 3 N–H and O–H groups in total. The Balaban J connectivity index is 1.31. The van der Waals surface area contributed by atoms with Crippen molar-refractivity contribution in [2.45, 2.75) is 25.3 Å². The lowest BCUT2D eigenvalue weighted by Gasteiger charge is -2.08. The Morgan fingerprint density at radius 2 is 1.78 bits per heavy atom. The van der Waals surface area contributed by atoms with Gasteiger partial charge >= 0.3 is 0 Å². The molecule has 0 radical (unpaired) electrons. The average molecular weight is 428 g/mol. The number of nitrogens with zero attached hydrogens (tertiary/aromatic N) is 6. The number of nitrogens with two attached hydrogens (primary N) is 1. The van der Waals surface area contributed by atoms with Crippen LogP contribution in [0, 0.1) is 0 Å². The minimum absolute atomic E-state index is 0.106. The molecule has 0 aliphatic heterocycles. The normalized spacial score (nSPS) is 13.1. The Morgan fingerprint density at radius 3 is 2.47 bits per heavy atom. The number of nitrogens with one attached hydrogen (secondary N) is 1. The highest BCUT2D eigenvalue weighted by Crippen LogP contribution is 2.40. The fourth-order valence-corrected chi connectivity index (χ4v) is 3.35. The Kier molecular flexibility index (Phi) is 4.94.